The van der Waals surface area contributed by atoms with Crippen molar-refractivity contribution in [2.45, 2.75) is 39.9 Å². The summed E-state index contributed by atoms with van der Waals surface area (Å²) in [4.78, 5) is 28.5. The summed E-state index contributed by atoms with van der Waals surface area (Å²) < 4.78 is 6.89. The van der Waals surface area contributed by atoms with Crippen LogP contribution in [-0.4, -0.2) is 44.3 Å². The van der Waals surface area contributed by atoms with Crippen LogP contribution in [0.3, 0.4) is 0 Å². The lowest BCUT2D eigenvalue weighted by Gasteiger charge is -2.40. The van der Waals surface area contributed by atoms with Gasteiger partial charge in [-0.25, -0.2) is 9.66 Å². The molecule has 0 fully saturated rings. The second-order valence-corrected chi connectivity index (χ2v) is 8.40. The Labute approximate surface area is 186 Å². The van der Waals surface area contributed by atoms with Crippen molar-refractivity contribution in [3.63, 3.8) is 0 Å². The quantitative estimate of drug-likeness (QED) is 0.684. The molecule has 164 valence electrons. The van der Waals surface area contributed by atoms with E-state index in [0.29, 0.717) is 5.82 Å². The van der Waals surface area contributed by atoms with Crippen LogP contribution in [0.5, 0.6) is 5.75 Å². The average Bonchev–Trinajstić information content (AvgIpc) is 2.81. The summed E-state index contributed by atoms with van der Waals surface area (Å²) in [5.74, 6) is 1.41. The molecule has 0 aliphatic carbocycles. The molecule has 0 amide bonds. The van der Waals surface area contributed by atoms with Crippen LogP contribution in [0.25, 0.3) is 16.7 Å². The van der Waals surface area contributed by atoms with Gasteiger partial charge in [0.05, 0.1) is 13.3 Å². The zero-order valence-electron chi connectivity index (χ0n) is 18.7. The molecule has 1 N–H and O–H groups in total. The van der Waals surface area contributed by atoms with Gasteiger partial charge in [-0.1, -0.05) is 0 Å². The van der Waals surface area contributed by atoms with Gasteiger partial charge in [0, 0.05) is 60.5 Å². The minimum absolute atomic E-state index is 0.0833. The Hall–Kier alpha value is -3.52. The van der Waals surface area contributed by atoms with Crippen molar-refractivity contribution in [3.05, 3.63) is 75.5 Å². The third-order valence-corrected chi connectivity index (χ3v) is 6.35. The monoisotopic (exact) mass is 430 g/mol. The first kappa shape index (κ1) is 20.4. The molecule has 2 aliphatic rings. The number of hydrogen-bond donors (Lipinski definition) is 1. The average molecular weight is 431 g/mol. The second kappa shape index (κ2) is 7.87. The van der Waals surface area contributed by atoms with Crippen molar-refractivity contribution in [2.24, 2.45) is 0 Å². The number of pyridine rings is 2. The van der Waals surface area contributed by atoms with Crippen LogP contribution < -0.4 is 15.7 Å². The minimum Gasteiger partial charge on any atom is -0.495 e. The van der Waals surface area contributed by atoms with E-state index in [4.69, 9.17) is 9.72 Å². The summed E-state index contributed by atoms with van der Waals surface area (Å²) in [6, 6.07) is 5.71. The van der Waals surface area contributed by atoms with E-state index >= 15 is 0 Å². The summed E-state index contributed by atoms with van der Waals surface area (Å²) in [6.07, 6.45) is 6.19. The Morgan fingerprint density at radius 1 is 1.09 bits per heavy atom. The van der Waals surface area contributed by atoms with E-state index in [1.165, 1.54) is 11.1 Å². The summed E-state index contributed by atoms with van der Waals surface area (Å²) in [5, 5.41) is 0. The SMILES string of the molecule is COc1cncc(-c2cnc3c(c2)CN(C2Nn4c(nc(C)cc4=O)C(C)=C2C)CC3)c1. The summed E-state index contributed by atoms with van der Waals surface area (Å²) >= 11 is 0. The molecule has 32 heavy (non-hydrogen) atoms. The number of fused-ring (bicyclic) bond motifs is 2. The van der Waals surface area contributed by atoms with Crippen molar-refractivity contribution in [3.8, 4) is 16.9 Å². The van der Waals surface area contributed by atoms with Crippen LogP contribution in [0.15, 0.2) is 47.2 Å². The third-order valence-electron chi connectivity index (χ3n) is 6.35. The van der Waals surface area contributed by atoms with Crippen molar-refractivity contribution >= 4 is 5.57 Å². The maximum atomic E-state index is 12.6. The highest BCUT2D eigenvalue weighted by Crippen LogP contribution is 2.30. The fourth-order valence-corrected chi connectivity index (χ4v) is 4.44. The van der Waals surface area contributed by atoms with Gasteiger partial charge in [-0.2, -0.15) is 0 Å². The maximum absolute atomic E-state index is 12.6. The molecule has 1 unspecified atom stereocenters. The first-order valence-corrected chi connectivity index (χ1v) is 10.7. The molecule has 2 aliphatic heterocycles. The van der Waals surface area contributed by atoms with Crippen LogP contribution in [0, 0.1) is 6.92 Å². The molecule has 8 heteroatoms. The molecule has 0 bridgehead atoms. The molecule has 3 aromatic heterocycles. The topological polar surface area (TPSA) is 85.2 Å². The Bertz CT molecular complexity index is 1300. The Kier molecular flexibility index (Phi) is 5.01. The van der Waals surface area contributed by atoms with Crippen LogP contribution >= 0.6 is 0 Å². The van der Waals surface area contributed by atoms with E-state index in [1.54, 1.807) is 24.0 Å². The molecular weight excluding hydrogens is 404 g/mol. The smallest absolute Gasteiger partial charge is 0.272 e. The summed E-state index contributed by atoms with van der Waals surface area (Å²) in [6.45, 7) is 7.58. The molecule has 1 atom stereocenters. The number of aryl methyl sites for hydroxylation is 1. The summed E-state index contributed by atoms with van der Waals surface area (Å²) in [7, 11) is 1.64. The minimum atomic E-state index is -0.0868. The first-order chi connectivity index (χ1) is 15.4. The van der Waals surface area contributed by atoms with Gasteiger partial charge in [0.15, 0.2) is 5.82 Å². The normalized spacial score (nSPS) is 18.1. The third kappa shape index (κ3) is 3.46. The second-order valence-electron chi connectivity index (χ2n) is 8.40. The molecule has 8 nitrogen and oxygen atoms in total. The van der Waals surface area contributed by atoms with Gasteiger partial charge in [-0.05, 0) is 49.6 Å². The molecule has 0 spiro atoms. The van der Waals surface area contributed by atoms with Gasteiger partial charge in [0.25, 0.3) is 5.56 Å². The standard InChI is InChI=1S/C24H26N6O2/c1-14-7-22(31)30-23(27-14)15(2)16(3)24(28-30)29-6-5-21-19(13-29)8-17(11-26-21)18-9-20(32-4)12-25-10-18/h7-12,24,28H,5-6,13H2,1-4H3. The van der Waals surface area contributed by atoms with E-state index in [2.05, 4.69) is 33.3 Å². The highest BCUT2D eigenvalue weighted by molar-refractivity contribution is 5.66. The van der Waals surface area contributed by atoms with Gasteiger partial charge >= 0.3 is 0 Å². The first-order valence-electron chi connectivity index (χ1n) is 10.7. The lowest BCUT2D eigenvalue weighted by Crippen LogP contribution is -2.52. The largest absolute Gasteiger partial charge is 0.495 e. The van der Waals surface area contributed by atoms with Gasteiger partial charge < -0.3 is 4.74 Å². The fraction of sp³-hybridized carbons (Fsp3) is 0.333. The molecular formula is C24H26N6O2. The highest BCUT2D eigenvalue weighted by Gasteiger charge is 2.31. The van der Waals surface area contributed by atoms with Crippen LogP contribution in [-0.2, 0) is 13.0 Å². The zero-order valence-corrected chi connectivity index (χ0v) is 18.7. The number of nitrogens with one attached hydrogen (secondary N) is 1. The van der Waals surface area contributed by atoms with Gasteiger partial charge in [-0.3, -0.25) is 25.1 Å². The van der Waals surface area contributed by atoms with Crippen LogP contribution in [0.4, 0.5) is 0 Å². The molecule has 5 heterocycles. The summed E-state index contributed by atoms with van der Waals surface area (Å²) in [5.41, 5.74) is 10.5. The van der Waals surface area contributed by atoms with Crippen molar-refractivity contribution in [1.82, 2.24) is 24.5 Å². The predicted octanol–water partition coefficient (Wildman–Crippen LogP) is 2.75. The Morgan fingerprint density at radius 2 is 1.91 bits per heavy atom. The fourth-order valence-electron chi connectivity index (χ4n) is 4.44. The predicted molar refractivity (Wildman–Crippen MR) is 123 cm³/mol. The maximum Gasteiger partial charge on any atom is 0.272 e. The number of nitrogens with zero attached hydrogens (tertiary/aromatic N) is 5. The van der Waals surface area contributed by atoms with Crippen molar-refractivity contribution in [2.75, 3.05) is 19.1 Å². The molecule has 0 saturated heterocycles. The lowest BCUT2D eigenvalue weighted by atomic mass is 9.98. The van der Waals surface area contributed by atoms with Gasteiger partial charge in [0.1, 0.15) is 11.9 Å². The molecule has 0 saturated carbocycles. The number of ether oxygens (including phenoxy) is 1. The Balaban J connectivity index is 1.46. The number of rotatable bonds is 3. The zero-order chi connectivity index (χ0) is 22.4. The molecule has 0 aromatic carbocycles. The van der Waals surface area contributed by atoms with Gasteiger partial charge in [0.2, 0.25) is 0 Å². The van der Waals surface area contributed by atoms with E-state index in [0.717, 1.165) is 53.3 Å². The van der Waals surface area contributed by atoms with Crippen molar-refractivity contribution in [1.29, 1.82) is 0 Å². The van der Waals surface area contributed by atoms with Crippen molar-refractivity contribution < 1.29 is 4.74 Å². The molecule has 3 aromatic rings. The molecule has 0 radical (unpaired) electrons. The molecule has 5 rings (SSSR count). The van der Waals surface area contributed by atoms with E-state index in [9.17, 15) is 4.79 Å². The number of hydrogen-bond acceptors (Lipinski definition) is 7. The number of allylic oxidation sites excluding steroid dienone is 1. The highest BCUT2D eigenvalue weighted by atomic mass is 16.5. The lowest BCUT2D eigenvalue weighted by molar-refractivity contribution is 0.204. The Morgan fingerprint density at radius 3 is 2.72 bits per heavy atom. The number of aromatic nitrogens is 4. The van der Waals surface area contributed by atoms with Crippen LogP contribution in [0.1, 0.15) is 36.6 Å². The van der Waals surface area contributed by atoms with E-state index in [1.807, 2.05) is 32.3 Å². The van der Waals surface area contributed by atoms with E-state index < -0.39 is 0 Å². The van der Waals surface area contributed by atoms with Crippen LogP contribution in [0.2, 0.25) is 0 Å². The number of methoxy groups -OCH3 is 1. The van der Waals surface area contributed by atoms with Gasteiger partial charge in [-0.15, -0.1) is 0 Å². The van der Waals surface area contributed by atoms with E-state index in [-0.39, 0.29) is 11.7 Å².